The van der Waals surface area contributed by atoms with Gasteiger partial charge in [0.25, 0.3) is 5.91 Å². The van der Waals surface area contributed by atoms with E-state index in [0.717, 1.165) is 24.0 Å². The first kappa shape index (κ1) is 24.6. The maximum Gasteiger partial charge on any atom is 0.326 e. The number of aliphatic carboxylic acids is 1. The number of carbonyl (C=O) groups is 3. The van der Waals surface area contributed by atoms with E-state index in [1.54, 1.807) is 42.5 Å². The van der Waals surface area contributed by atoms with Crippen LogP contribution in [-0.4, -0.2) is 40.5 Å². The van der Waals surface area contributed by atoms with Crippen molar-refractivity contribution in [2.45, 2.75) is 25.3 Å². The first-order valence-electron chi connectivity index (χ1n) is 11.1. The first-order chi connectivity index (χ1) is 16.8. The number of rotatable bonds is 5. The van der Waals surface area contributed by atoms with Gasteiger partial charge in [-0.05, 0) is 72.9 Å². The van der Waals surface area contributed by atoms with E-state index in [2.05, 4.69) is 10.6 Å². The molecule has 0 radical (unpaired) electrons. The predicted octanol–water partition coefficient (Wildman–Crippen LogP) is 6.38. The number of halogens is 2. The number of nitrogens with zero attached hydrogens (tertiary/aromatic N) is 1. The third-order valence-electron chi connectivity index (χ3n) is 5.78. The molecule has 1 atom stereocenters. The molecule has 0 saturated carbocycles. The largest absolute Gasteiger partial charge is 0.480 e. The van der Waals surface area contributed by atoms with Crippen molar-refractivity contribution in [2.24, 2.45) is 0 Å². The minimum absolute atomic E-state index is 0.268. The molecule has 4 rings (SSSR count). The molecule has 1 heterocycles. The summed E-state index contributed by atoms with van der Waals surface area (Å²) in [6, 6.07) is 17.9. The van der Waals surface area contributed by atoms with Gasteiger partial charge in [0.15, 0.2) is 0 Å². The van der Waals surface area contributed by atoms with Crippen molar-refractivity contribution in [1.82, 2.24) is 4.90 Å². The quantitative estimate of drug-likeness (QED) is 0.369. The van der Waals surface area contributed by atoms with Crippen LogP contribution in [0.3, 0.4) is 0 Å². The molecule has 3 aromatic rings. The average molecular weight is 512 g/mol. The van der Waals surface area contributed by atoms with Crippen molar-refractivity contribution in [3.63, 3.8) is 0 Å². The van der Waals surface area contributed by atoms with Crippen LogP contribution in [-0.2, 0) is 4.79 Å². The Balaban J connectivity index is 1.39. The van der Waals surface area contributed by atoms with Crippen molar-refractivity contribution in [3.8, 4) is 11.1 Å². The number of carboxylic acid groups (broad SMARTS) is 1. The fraction of sp³-hybridized carbons (Fsp3) is 0.192. The third-order valence-corrected chi connectivity index (χ3v) is 6.21. The number of benzene rings is 3. The van der Waals surface area contributed by atoms with Gasteiger partial charge in [-0.15, -0.1) is 0 Å². The second-order valence-electron chi connectivity index (χ2n) is 8.24. The van der Waals surface area contributed by atoms with Crippen LogP contribution in [0.5, 0.6) is 0 Å². The van der Waals surface area contributed by atoms with E-state index < -0.39 is 18.0 Å². The van der Waals surface area contributed by atoms with E-state index in [1.807, 2.05) is 24.3 Å². The Kier molecular flexibility index (Phi) is 7.58. The highest BCUT2D eigenvalue weighted by molar-refractivity contribution is 6.35. The molecular weight excluding hydrogens is 489 g/mol. The number of likely N-dealkylation sites (tertiary alicyclic amines) is 1. The van der Waals surface area contributed by atoms with Crippen LogP contribution in [0.15, 0.2) is 66.7 Å². The Labute approximate surface area is 212 Å². The van der Waals surface area contributed by atoms with Crippen molar-refractivity contribution in [3.05, 3.63) is 82.3 Å². The smallest absolute Gasteiger partial charge is 0.326 e. The fourth-order valence-corrected chi connectivity index (χ4v) is 4.59. The Bertz CT molecular complexity index is 1230. The van der Waals surface area contributed by atoms with E-state index in [1.165, 1.54) is 4.90 Å². The highest BCUT2D eigenvalue weighted by Crippen LogP contribution is 2.25. The number of urea groups is 1. The first-order valence-corrected chi connectivity index (χ1v) is 11.8. The third kappa shape index (κ3) is 6.12. The zero-order valence-electron chi connectivity index (χ0n) is 18.6. The molecule has 3 amide bonds. The molecule has 0 aromatic heterocycles. The minimum atomic E-state index is -0.964. The predicted molar refractivity (Wildman–Crippen MR) is 137 cm³/mol. The lowest BCUT2D eigenvalue weighted by Crippen LogP contribution is -2.47. The Hall–Kier alpha value is -3.55. The zero-order valence-corrected chi connectivity index (χ0v) is 20.1. The number of hydrogen-bond donors (Lipinski definition) is 3. The lowest BCUT2D eigenvalue weighted by Gasteiger charge is -2.33. The van der Waals surface area contributed by atoms with Crippen LogP contribution in [0.25, 0.3) is 11.1 Å². The van der Waals surface area contributed by atoms with Gasteiger partial charge in [-0.3, -0.25) is 4.79 Å². The van der Waals surface area contributed by atoms with Crippen LogP contribution in [0.4, 0.5) is 16.2 Å². The number of hydrogen-bond acceptors (Lipinski definition) is 3. The van der Waals surface area contributed by atoms with Crippen molar-refractivity contribution in [2.75, 3.05) is 17.2 Å². The van der Waals surface area contributed by atoms with Crippen LogP contribution >= 0.6 is 23.2 Å². The maximum atomic E-state index is 12.9. The molecule has 7 nitrogen and oxygen atoms in total. The van der Waals surface area contributed by atoms with Gasteiger partial charge in [0, 0.05) is 33.5 Å². The molecule has 0 unspecified atom stereocenters. The van der Waals surface area contributed by atoms with E-state index in [-0.39, 0.29) is 5.91 Å². The summed E-state index contributed by atoms with van der Waals surface area (Å²) in [5.41, 5.74) is 3.32. The summed E-state index contributed by atoms with van der Waals surface area (Å²) < 4.78 is 0. The summed E-state index contributed by atoms with van der Waals surface area (Å²) in [6.07, 6.45) is 2.09. The van der Waals surface area contributed by atoms with Crippen LogP contribution < -0.4 is 10.6 Å². The molecule has 0 bridgehead atoms. The second kappa shape index (κ2) is 10.8. The Morgan fingerprint density at radius 2 is 1.37 bits per heavy atom. The lowest BCUT2D eigenvalue weighted by atomic mass is 9.99. The van der Waals surface area contributed by atoms with Gasteiger partial charge in [-0.25, -0.2) is 9.59 Å². The molecule has 35 heavy (non-hydrogen) atoms. The van der Waals surface area contributed by atoms with E-state index in [9.17, 15) is 19.5 Å². The fourth-order valence-electron chi connectivity index (χ4n) is 4.07. The van der Waals surface area contributed by atoms with Crippen molar-refractivity contribution < 1.29 is 19.5 Å². The van der Waals surface area contributed by atoms with Crippen LogP contribution in [0, 0.1) is 0 Å². The highest BCUT2D eigenvalue weighted by Gasteiger charge is 2.32. The molecule has 0 aliphatic carbocycles. The molecule has 9 heteroatoms. The number of amides is 3. The number of carbonyl (C=O) groups excluding carboxylic acids is 2. The van der Waals surface area contributed by atoms with E-state index >= 15 is 0 Å². The number of piperidine rings is 1. The van der Waals surface area contributed by atoms with Gasteiger partial charge >= 0.3 is 12.0 Å². The molecule has 1 aliphatic rings. The van der Waals surface area contributed by atoms with Gasteiger partial charge in [-0.1, -0.05) is 47.5 Å². The molecular formula is C26H23Cl2N3O4. The lowest BCUT2D eigenvalue weighted by molar-refractivity contribution is -0.143. The average Bonchev–Trinajstić information content (AvgIpc) is 2.83. The Morgan fingerprint density at radius 1 is 0.800 bits per heavy atom. The van der Waals surface area contributed by atoms with Crippen LogP contribution in [0.2, 0.25) is 10.0 Å². The van der Waals surface area contributed by atoms with Crippen molar-refractivity contribution >= 4 is 52.5 Å². The SMILES string of the molecule is O=C(Nc1ccc(-c2ccc(C(=O)N3CCCC[C@H]3C(=O)O)cc2)cc1)Nc1cc(Cl)cc(Cl)c1. The zero-order chi connectivity index (χ0) is 24.9. The van der Waals surface area contributed by atoms with Gasteiger partial charge in [0.2, 0.25) is 0 Å². The van der Waals surface area contributed by atoms with E-state index in [4.69, 9.17) is 23.2 Å². The summed E-state index contributed by atoms with van der Waals surface area (Å²) >= 11 is 11.9. The normalized spacial score (nSPS) is 15.4. The monoisotopic (exact) mass is 511 g/mol. The van der Waals surface area contributed by atoms with Gasteiger partial charge in [0.05, 0.1) is 0 Å². The Morgan fingerprint density at radius 3 is 1.97 bits per heavy atom. The van der Waals surface area contributed by atoms with Gasteiger partial charge in [0.1, 0.15) is 6.04 Å². The molecule has 1 saturated heterocycles. The summed E-state index contributed by atoms with van der Waals surface area (Å²) in [7, 11) is 0. The van der Waals surface area contributed by atoms with Crippen LogP contribution in [0.1, 0.15) is 29.6 Å². The summed E-state index contributed by atoms with van der Waals surface area (Å²) in [4.78, 5) is 38.1. The molecule has 3 aromatic carbocycles. The number of anilines is 2. The summed E-state index contributed by atoms with van der Waals surface area (Å²) in [5, 5.41) is 15.7. The van der Waals surface area contributed by atoms with Gasteiger partial charge < -0.3 is 20.6 Å². The molecule has 3 N–H and O–H groups in total. The number of nitrogens with one attached hydrogen (secondary N) is 2. The molecule has 180 valence electrons. The van der Waals surface area contributed by atoms with Gasteiger partial charge in [-0.2, -0.15) is 0 Å². The minimum Gasteiger partial charge on any atom is -0.480 e. The second-order valence-corrected chi connectivity index (χ2v) is 9.11. The molecule has 0 spiro atoms. The van der Waals surface area contributed by atoms with Crippen molar-refractivity contribution in [1.29, 1.82) is 0 Å². The molecule has 1 fully saturated rings. The highest BCUT2D eigenvalue weighted by atomic mass is 35.5. The summed E-state index contributed by atoms with van der Waals surface area (Å²) in [6.45, 7) is 0.448. The summed E-state index contributed by atoms with van der Waals surface area (Å²) in [5.74, 6) is -1.23. The topological polar surface area (TPSA) is 98.7 Å². The standard InChI is InChI=1S/C26H23Cl2N3O4/c27-19-13-20(28)15-22(14-19)30-26(35)29-21-10-8-17(9-11-21)16-4-6-18(7-5-16)24(32)31-12-2-1-3-23(31)25(33)34/h4-11,13-15,23H,1-3,12H2,(H,33,34)(H2,29,30,35)/t23-/m0/s1. The molecule has 1 aliphatic heterocycles. The maximum absolute atomic E-state index is 12.9. The number of carboxylic acids is 1. The van der Waals surface area contributed by atoms with E-state index in [0.29, 0.717) is 39.9 Å².